The second-order valence-corrected chi connectivity index (χ2v) is 6.89. The van der Waals surface area contributed by atoms with Gasteiger partial charge in [-0.05, 0) is 23.5 Å². The number of hydrogen-bond donors (Lipinski definition) is 1. The average Bonchev–Trinajstić information content (AvgIpc) is 3.19. The van der Waals surface area contributed by atoms with Crippen molar-refractivity contribution in [3.8, 4) is 0 Å². The van der Waals surface area contributed by atoms with Crippen molar-refractivity contribution in [1.82, 2.24) is 19.8 Å². The van der Waals surface area contributed by atoms with E-state index in [0.29, 0.717) is 18.6 Å². The van der Waals surface area contributed by atoms with E-state index < -0.39 is 0 Å². The molecule has 0 saturated carbocycles. The Bertz CT molecular complexity index is 719. The molecule has 0 amide bonds. The summed E-state index contributed by atoms with van der Waals surface area (Å²) >= 11 is 0. The number of hydrogen-bond acceptors (Lipinski definition) is 3. The maximum absolute atomic E-state index is 5.31. The maximum atomic E-state index is 5.31. The molecule has 2 heterocycles. The van der Waals surface area contributed by atoms with Crippen LogP contribution in [0.15, 0.2) is 48.0 Å². The molecule has 1 aromatic carbocycles. The highest BCUT2D eigenvalue weighted by atomic mass is 127. The molecule has 27 heavy (non-hydrogen) atoms. The first-order valence-corrected chi connectivity index (χ1v) is 9.21. The van der Waals surface area contributed by atoms with E-state index in [-0.39, 0.29) is 24.0 Å². The van der Waals surface area contributed by atoms with Crippen molar-refractivity contribution in [3.63, 3.8) is 0 Å². The van der Waals surface area contributed by atoms with Crippen LogP contribution in [0.3, 0.4) is 0 Å². The van der Waals surface area contributed by atoms with Gasteiger partial charge in [-0.1, -0.05) is 31.2 Å². The van der Waals surface area contributed by atoms with E-state index in [1.54, 1.807) is 7.11 Å². The molecule has 148 valence electrons. The van der Waals surface area contributed by atoms with E-state index in [4.69, 9.17) is 4.74 Å². The zero-order valence-electron chi connectivity index (χ0n) is 16.3. The number of ether oxygens (including phenoxy) is 1. The highest BCUT2D eigenvalue weighted by Gasteiger charge is 2.28. The fourth-order valence-electron chi connectivity index (χ4n) is 3.63. The van der Waals surface area contributed by atoms with Crippen LogP contribution in [0, 0.1) is 5.92 Å². The lowest BCUT2D eigenvalue weighted by Crippen LogP contribution is -2.48. The van der Waals surface area contributed by atoms with Gasteiger partial charge < -0.3 is 19.5 Å². The van der Waals surface area contributed by atoms with Gasteiger partial charge in [0.05, 0.1) is 19.0 Å². The third-order valence-electron chi connectivity index (χ3n) is 5.19. The molecule has 7 heteroatoms. The Morgan fingerprint density at radius 1 is 1.33 bits per heavy atom. The van der Waals surface area contributed by atoms with Gasteiger partial charge in [0, 0.05) is 46.2 Å². The summed E-state index contributed by atoms with van der Waals surface area (Å²) in [6, 6.07) is 8.79. The van der Waals surface area contributed by atoms with E-state index in [9.17, 15) is 0 Å². The summed E-state index contributed by atoms with van der Waals surface area (Å²) in [6.07, 6.45) is 6.97. The number of piperidine rings is 1. The number of nitrogens with one attached hydrogen (secondary N) is 1. The number of nitrogens with zero attached hydrogens (tertiary/aromatic N) is 4. The van der Waals surface area contributed by atoms with Crippen molar-refractivity contribution >= 4 is 29.9 Å². The first kappa shape index (κ1) is 21.7. The number of likely N-dealkylation sites (tertiary alicyclic amines) is 1. The first-order chi connectivity index (χ1) is 12.7. The summed E-state index contributed by atoms with van der Waals surface area (Å²) in [5, 5.41) is 3.53. The minimum Gasteiger partial charge on any atom is -0.380 e. The SMILES string of the molecule is CN=C(NCc1ccccc1COC)N1CCC(C)C(n2ccnc2)C1.I. The van der Waals surface area contributed by atoms with Crippen molar-refractivity contribution in [2.24, 2.45) is 10.9 Å². The Kier molecular flexibility index (Phi) is 8.56. The lowest BCUT2D eigenvalue weighted by molar-refractivity contribution is 0.183. The molecule has 2 atom stereocenters. The minimum atomic E-state index is 0. The Balaban J connectivity index is 0.00000261. The zero-order valence-corrected chi connectivity index (χ0v) is 18.7. The molecule has 0 spiro atoms. The first-order valence-electron chi connectivity index (χ1n) is 9.21. The minimum absolute atomic E-state index is 0. The van der Waals surface area contributed by atoms with Gasteiger partial charge in [-0.25, -0.2) is 4.98 Å². The largest absolute Gasteiger partial charge is 0.380 e. The second-order valence-electron chi connectivity index (χ2n) is 6.89. The summed E-state index contributed by atoms with van der Waals surface area (Å²) in [7, 11) is 3.59. The Morgan fingerprint density at radius 2 is 2.11 bits per heavy atom. The van der Waals surface area contributed by atoms with E-state index in [2.05, 4.69) is 62.1 Å². The van der Waals surface area contributed by atoms with Gasteiger partial charge in [-0.2, -0.15) is 0 Å². The van der Waals surface area contributed by atoms with Crippen LogP contribution in [0.4, 0.5) is 0 Å². The van der Waals surface area contributed by atoms with Gasteiger partial charge in [0.2, 0.25) is 0 Å². The monoisotopic (exact) mass is 483 g/mol. The molecule has 0 bridgehead atoms. The third-order valence-corrected chi connectivity index (χ3v) is 5.19. The van der Waals surface area contributed by atoms with Gasteiger partial charge in [-0.3, -0.25) is 4.99 Å². The number of rotatable bonds is 5. The van der Waals surface area contributed by atoms with Crippen LogP contribution in [0.1, 0.15) is 30.5 Å². The van der Waals surface area contributed by atoms with Crippen molar-refractivity contribution in [2.75, 3.05) is 27.2 Å². The molecule has 6 nitrogen and oxygen atoms in total. The zero-order chi connectivity index (χ0) is 18.4. The molecule has 0 aliphatic carbocycles. The topological polar surface area (TPSA) is 54.7 Å². The number of halogens is 1. The van der Waals surface area contributed by atoms with Gasteiger partial charge in [0.15, 0.2) is 5.96 Å². The lowest BCUT2D eigenvalue weighted by Gasteiger charge is -2.39. The molecule has 0 radical (unpaired) electrons. The summed E-state index contributed by atoms with van der Waals surface area (Å²) in [6.45, 7) is 5.65. The van der Waals surface area contributed by atoms with Crippen LogP contribution in [-0.2, 0) is 17.9 Å². The maximum Gasteiger partial charge on any atom is 0.193 e. The average molecular weight is 483 g/mol. The summed E-state index contributed by atoms with van der Waals surface area (Å²) in [5.74, 6) is 1.58. The summed E-state index contributed by atoms with van der Waals surface area (Å²) < 4.78 is 7.53. The van der Waals surface area contributed by atoms with Crippen LogP contribution in [0.25, 0.3) is 0 Å². The fraction of sp³-hybridized carbons (Fsp3) is 0.500. The normalized spacial score (nSPS) is 20.3. The highest BCUT2D eigenvalue weighted by Crippen LogP contribution is 2.27. The highest BCUT2D eigenvalue weighted by molar-refractivity contribution is 14.0. The molecule has 1 N–H and O–H groups in total. The van der Waals surface area contributed by atoms with Crippen molar-refractivity contribution in [2.45, 2.75) is 32.5 Å². The standard InChI is InChI=1S/C20H29N5O.HI/c1-16-8-10-24(13-19(16)25-11-9-22-15-25)20(21-2)23-12-17-6-4-5-7-18(17)14-26-3;/h4-7,9,11,15-16,19H,8,10,12-14H2,1-3H3,(H,21,23);1H. The van der Waals surface area contributed by atoms with Crippen LogP contribution in [0.2, 0.25) is 0 Å². The molecular formula is C20H30IN5O. The number of aliphatic imine (C=N–C) groups is 1. The molecule has 2 aromatic rings. The Labute approximate surface area is 179 Å². The molecule has 3 rings (SSSR count). The van der Waals surface area contributed by atoms with E-state index in [1.807, 2.05) is 19.6 Å². The van der Waals surface area contributed by atoms with E-state index in [0.717, 1.165) is 32.0 Å². The van der Waals surface area contributed by atoms with Crippen LogP contribution in [0.5, 0.6) is 0 Å². The number of guanidine groups is 1. The van der Waals surface area contributed by atoms with Crippen molar-refractivity contribution in [1.29, 1.82) is 0 Å². The van der Waals surface area contributed by atoms with E-state index >= 15 is 0 Å². The van der Waals surface area contributed by atoms with Gasteiger partial charge in [0.25, 0.3) is 0 Å². The van der Waals surface area contributed by atoms with Crippen LogP contribution >= 0.6 is 24.0 Å². The number of benzene rings is 1. The molecule has 1 fully saturated rings. The van der Waals surface area contributed by atoms with Gasteiger partial charge in [0.1, 0.15) is 0 Å². The molecule has 1 saturated heterocycles. The molecular weight excluding hydrogens is 453 g/mol. The molecule has 1 aromatic heterocycles. The van der Waals surface area contributed by atoms with Crippen molar-refractivity contribution < 1.29 is 4.74 Å². The predicted octanol–water partition coefficient (Wildman–Crippen LogP) is 3.31. The molecule has 1 aliphatic rings. The van der Waals surface area contributed by atoms with E-state index in [1.165, 1.54) is 11.1 Å². The second kappa shape index (κ2) is 10.7. The number of aromatic nitrogens is 2. The van der Waals surface area contributed by atoms with Crippen LogP contribution in [-0.4, -0.2) is 47.7 Å². The van der Waals surface area contributed by atoms with Crippen LogP contribution < -0.4 is 5.32 Å². The van der Waals surface area contributed by atoms with Gasteiger partial charge >= 0.3 is 0 Å². The number of imidazole rings is 1. The molecule has 2 unspecified atom stereocenters. The summed E-state index contributed by atoms with van der Waals surface area (Å²) in [4.78, 5) is 11.1. The third kappa shape index (κ3) is 5.44. The Morgan fingerprint density at radius 3 is 2.78 bits per heavy atom. The predicted molar refractivity (Wildman–Crippen MR) is 119 cm³/mol. The number of methoxy groups -OCH3 is 1. The molecule has 1 aliphatic heterocycles. The lowest BCUT2D eigenvalue weighted by atomic mass is 9.93. The van der Waals surface area contributed by atoms with Crippen molar-refractivity contribution in [3.05, 3.63) is 54.1 Å². The smallest absolute Gasteiger partial charge is 0.193 e. The fourth-order valence-corrected chi connectivity index (χ4v) is 3.63. The Hall–Kier alpha value is -1.61. The summed E-state index contributed by atoms with van der Waals surface area (Å²) in [5.41, 5.74) is 2.45. The quantitative estimate of drug-likeness (QED) is 0.403. The van der Waals surface area contributed by atoms with Gasteiger partial charge in [-0.15, -0.1) is 24.0 Å².